The molecule has 0 atom stereocenters. The number of likely N-dealkylation sites (N-methyl/N-ethyl adjacent to an activating group) is 1. The number of ether oxygens (including phenoxy) is 1. The van der Waals surface area contributed by atoms with Crippen LogP contribution < -0.4 is 5.32 Å². The number of carbonyl (C=O) groups excluding carboxylic acids is 2. The number of nitrogens with one attached hydrogen (secondary N) is 1. The van der Waals surface area contributed by atoms with Gasteiger partial charge >= 0.3 is 5.97 Å². The Balaban J connectivity index is 2.86. The lowest BCUT2D eigenvalue weighted by molar-refractivity contribution is -0.127. The largest absolute Gasteiger partial charge is 0.465 e. The van der Waals surface area contributed by atoms with Crippen LogP contribution in [0.1, 0.15) is 17.3 Å². The monoisotopic (exact) mass is 286 g/mol. The molecule has 0 fully saturated rings. The molecule has 0 heterocycles. The molecule has 0 saturated heterocycles. The summed E-state index contributed by atoms with van der Waals surface area (Å²) in [7, 11) is 2.67. The highest BCUT2D eigenvalue weighted by Crippen LogP contribution is 2.21. The maximum Gasteiger partial charge on any atom is 0.340 e. The van der Waals surface area contributed by atoms with E-state index in [1.54, 1.807) is 14.0 Å². The van der Waals surface area contributed by atoms with Crippen LogP contribution in [0.5, 0.6) is 0 Å². The van der Waals surface area contributed by atoms with Crippen molar-refractivity contribution < 1.29 is 23.1 Å². The Kier molecular flexibility index (Phi) is 5.42. The lowest BCUT2D eigenvalue weighted by atomic mass is 10.2. The smallest absolute Gasteiger partial charge is 0.340 e. The summed E-state index contributed by atoms with van der Waals surface area (Å²) < 4.78 is 31.7. The van der Waals surface area contributed by atoms with Crippen LogP contribution in [0.3, 0.4) is 0 Å². The number of carbonyl (C=O) groups is 2. The van der Waals surface area contributed by atoms with Crippen LogP contribution in [-0.4, -0.2) is 44.0 Å². The minimum atomic E-state index is -1.31. The molecule has 0 saturated carbocycles. The molecule has 1 N–H and O–H groups in total. The molecule has 20 heavy (non-hydrogen) atoms. The third-order valence-corrected chi connectivity index (χ3v) is 2.82. The van der Waals surface area contributed by atoms with Crippen LogP contribution in [-0.2, 0) is 9.53 Å². The van der Waals surface area contributed by atoms with Crippen LogP contribution in [0.15, 0.2) is 12.1 Å². The summed E-state index contributed by atoms with van der Waals surface area (Å²) in [5.41, 5.74) is -0.680. The highest BCUT2D eigenvalue weighted by atomic mass is 19.2. The van der Waals surface area contributed by atoms with Gasteiger partial charge in [0.15, 0.2) is 11.6 Å². The topological polar surface area (TPSA) is 58.6 Å². The molecular weight excluding hydrogens is 270 g/mol. The average molecular weight is 286 g/mol. The van der Waals surface area contributed by atoms with Crippen LogP contribution in [0.2, 0.25) is 0 Å². The fourth-order valence-electron chi connectivity index (χ4n) is 1.44. The minimum Gasteiger partial charge on any atom is -0.465 e. The lowest BCUT2D eigenvalue weighted by Gasteiger charge is -2.15. The average Bonchev–Trinajstić information content (AvgIpc) is 2.46. The zero-order valence-corrected chi connectivity index (χ0v) is 11.5. The van der Waals surface area contributed by atoms with Gasteiger partial charge in [0.25, 0.3) is 0 Å². The van der Waals surface area contributed by atoms with E-state index in [0.717, 1.165) is 13.2 Å². The van der Waals surface area contributed by atoms with Crippen molar-refractivity contribution in [3.8, 4) is 0 Å². The number of rotatable bonds is 5. The predicted octanol–water partition coefficient (Wildman–Crippen LogP) is 1.64. The highest BCUT2D eigenvalue weighted by Gasteiger charge is 2.19. The molecule has 1 rings (SSSR count). The number of esters is 1. The SMILES string of the molecule is CCN(C)C(=O)CNc1ccc(C(=O)OC)c(F)c1F. The van der Waals surface area contributed by atoms with E-state index in [4.69, 9.17) is 0 Å². The maximum atomic E-state index is 13.7. The first-order valence-corrected chi connectivity index (χ1v) is 5.96. The van der Waals surface area contributed by atoms with Crippen LogP contribution in [0.4, 0.5) is 14.5 Å². The fraction of sp³-hybridized carbons (Fsp3) is 0.385. The van der Waals surface area contributed by atoms with E-state index in [1.165, 1.54) is 11.0 Å². The first-order valence-electron chi connectivity index (χ1n) is 5.96. The summed E-state index contributed by atoms with van der Waals surface area (Å²) in [6, 6.07) is 2.28. The standard InChI is InChI=1S/C13H16F2N2O3/c1-4-17(2)10(18)7-16-9-6-5-8(13(19)20-3)11(14)12(9)15/h5-6,16H,4,7H2,1-3H3. The quantitative estimate of drug-likeness (QED) is 0.836. The molecule has 1 amide bonds. The fourth-order valence-corrected chi connectivity index (χ4v) is 1.44. The normalized spacial score (nSPS) is 10.1. The van der Waals surface area contributed by atoms with Crippen molar-refractivity contribution in [2.45, 2.75) is 6.92 Å². The number of hydrogen-bond donors (Lipinski definition) is 1. The molecule has 0 spiro atoms. The second-order valence-corrected chi connectivity index (χ2v) is 4.04. The number of anilines is 1. The molecule has 0 bridgehead atoms. The van der Waals surface area contributed by atoms with Crippen molar-refractivity contribution in [3.63, 3.8) is 0 Å². The van der Waals surface area contributed by atoms with Gasteiger partial charge in [-0.25, -0.2) is 13.6 Å². The Morgan fingerprint density at radius 3 is 2.50 bits per heavy atom. The molecule has 0 aromatic heterocycles. The molecule has 0 unspecified atom stereocenters. The van der Waals surface area contributed by atoms with Gasteiger partial charge in [-0.1, -0.05) is 0 Å². The zero-order chi connectivity index (χ0) is 15.3. The summed E-state index contributed by atoms with van der Waals surface area (Å²) in [6.45, 7) is 2.14. The van der Waals surface area contributed by atoms with E-state index in [2.05, 4.69) is 10.1 Å². The third-order valence-electron chi connectivity index (χ3n) is 2.82. The van der Waals surface area contributed by atoms with Gasteiger partial charge < -0.3 is 15.0 Å². The van der Waals surface area contributed by atoms with Gasteiger partial charge in [0.2, 0.25) is 5.91 Å². The van der Waals surface area contributed by atoms with Gasteiger partial charge in [-0.3, -0.25) is 4.79 Å². The first-order chi connectivity index (χ1) is 9.42. The Bertz CT molecular complexity index is 521. The molecule has 0 radical (unpaired) electrons. The van der Waals surface area contributed by atoms with Gasteiger partial charge in [0, 0.05) is 13.6 Å². The Morgan fingerprint density at radius 2 is 1.95 bits per heavy atom. The zero-order valence-electron chi connectivity index (χ0n) is 11.5. The van der Waals surface area contributed by atoms with E-state index in [9.17, 15) is 18.4 Å². The number of hydrogen-bond acceptors (Lipinski definition) is 4. The maximum absolute atomic E-state index is 13.7. The van der Waals surface area contributed by atoms with Gasteiger partial charge in [-0.15, -0.1) is 0 Å². The summed E-state index contributed by atoms with van der Waals surface area (Å²) in [4.78, 5) is 24.2. The van der Waals surface area contributed by atoms with Gasteiger partial charge in [0.05, 0.1) is 24.9 Å². The minimum absolute atomic E-state index is 0.168. The van der Waals surface area contributed by atoms with Crippen molar-refractivity contribution in [2.24, 2.45) is 0 Å². The molecule has 1 aromatic rings. The van der Waals surface area contributed by atoms with E-state index < -0.39 is 23.2 Å². The van der Waals surface area contributed by atoms with Crippen LogP contribution in [0, 0.1) is 11.6 Å². The number of benzene rings is 1. The second-order valence-electron chi connectivity index (χ2n) is 4.04. The summed E-state index contributed by atoms with van der Waals surface area (Å²) in [6.07, 6.45) is 0. The molecular formula is C13H16F2N2O3. The number of amides is 1. The van der Waals surface area contributed by atoms with Crippen LogP contribution >= 0.6 is 0 Å². The Morgan fingerprint density at radius 1 is 1.30 bits per heavy atom. The van der Waals surface area contributed by atoms with E-state index in [1.807, 2.05) is 0 Å². The summed E-state index contributed by atoms with van der Waals surface area (Å²) in [5.74, 6) is -3.75. The van der Waals surface area contributed by atoms with Gasteiger partial charge in [-0.2, -0.15) is 0 Å². The van der Waals surface area contributed by atoms with E-state index in [0.29, 0.717) is 6.54 Å². The summed E-state index contributed by atoms with van der Waals surface area (Å²) in [5, 5.41) is 2.49. The van der Waals surface area contributed by atoms with E-state index >= 15 is 0 Å². The lowest BCUT2D eigenvalue weighted by Crippen LogP contribution is -2.32. The van der Waals surface area contributed by atoms with Crippen molar-refractivity contribution in [2.75, 3.05) is 32.6 Å². The van der Waals surface area contributed by atoms with Crippen molar-refractivity contribution in [1.82, 2.24) is 4.90 Å². The molecule has 0 aliphatic heterocycles. The molecule has 1 aromatic carbocycles. The van der Waals surface area contributed by atoms with Crippen molar-refractivity contribution >= 4 is 17.6 Å². The van der Waals surface area contributed by atoms with Gasteiger partial charge in [-0.05, 0) is 19.1 Å². The number of halogens is 2. The summed E-state index contributed by atoms with van der Waals surface area (Å²) >= 11 is 0. The highest BCUT2D eigenvalue weighted by molar-refractivity contribution is 5.90. The first kappa shape index (κ1) is 15.9. The molecule has 7 heteroatoms. The second kappa shape index (κ2) is 6.83. The van der Waals surface area contributed by atoms with Crippen LogP contribution in [0.25, 0.3) is 0 Å². The third kappa shape index (κ3) is 3.43. The van der Waals surface area contributed by atoms with Gasteiger partial charge in [0.1, 0.15) is 0 Å². The molecule has 0 aliphatic rings. The van der Waals surface area contributed by atoms with Crippen molar-refractivity contribution in [1.29, 1.82) is 0 Å². The molecule has 5 nitrogen and oxygen atoms in total. The van der Waals surface area contributed by atoms with E-state index in [-0.39, 0.29) is 18.1 Å². The molecule has 0 aliphatic carbocycles. The Labute approximate surface area is 115 Å². The molecule has 110 valence electrons. The predicted molar refractivity (Wildman–Crippen MR) is 69.5 cm³/mol. The van der Waals surface area contributed by atoms with Crippen molar-refractivity contribution in [3.05, 3.63) is 29.3 Å². The number of nitrogens with zero attached hydrogens (tertiary/aromatic N) is 1. The number of methoxy groups -OCH3 is 1. The Hall–Kier alpha value is -2.18.